The largest absolute Gasteiger partial charge is 0.400 e. The van der Waals surface area contributed by atoms with Crippen molar-refractivity contribution in [2.24, 2.45) is 23.0 Å². The minimum atomic E-state index is -0.625. The minimum absolute atomic E-state index is 0.246. The van der Waals surface area contributed by atoms with Gasteiger partial charge in [0.25, 0.3) is 0 Å². The van der Waals surface area contributed by atoms with Crippen molar-refractivity contribution in [3.63, 3.8) is 0 Å². The molecule has 1 aliphatic rings. The third kappa shape index (κ3) is 6.52. The summed E-state index contributed by atoms with van der Waals surface area (Å²) in [6, 6.07) is 10.7. The van der Waals surface area contributed by atoms with Gasteiger partial charge in [0.2, 0.25) is 5.91 Å². The molecular weight excluding hydrogens is 384 g/mol. The Morgan fingerprint density at radius 2 is 1.75 bits per heavy atom. The monoisotopic (exact) mass is 422 g/mol. The van der Waals surface area contributed by atoms with Gasteiger partial charge in [-0.1, -0.05) is 57.3 Å². The first kappa shape index (κ1) is 23.3. The molecule has 158 valence electrons. The zero-order chi connectivity index (χ0) is 20.6. The Balaban J connectivity index is 1.94. The highest BCUT2D eigenvalue weighted by Gasteiger charge is 2.42. The number of benzene rings is 1. The van der Waals surface area contributed by atoms with Crippen LogP contribution < -0.4 is 5.73 Å². The second kappa shape index (κ2) is 11.3. The van der Waals surface area contributed by atoms with E-state index in [-0.39, 0.29) is 18.1 Å². The van der Waals surface area contributed by atoms with Crippen LogP contribution in [0.2, 0.25) is 13.1 Å². The summed E-state index contributed by atoms with van der Waals surface area (Å²) in [6.07, 6.45) is 3.17. The Labute approximate surface area is 175 Å². The van der Waals surface area contributed by atoms with Gasteiger partial charge in [-0.05, 0) is 43.8 Å². The first-order chi connectivity index (χ1) is 13.4. The number of primary amides is 1. The number of likely N-dealkylation sites (tertiary alicyclic amines) is 1. The van der Waals surface area contributed by atoms with Gasteiger partial charge in [-0.15, -0.1) is 0 Å². The molecule has 7 heteroatoms. The zero-order valence-corrected chi connectivity index (χ0v) is 20.9. The lowest BCUT2D eigenvalue weighted by molar-refractivity contribution is -0.143. The van der Waals surface area contributed by atoms with Crippen LogP contribution in [0.4, 0.5) is 0 Å². The number of rotatable bonds is 11. The van der Waals surface area contributed by atoms with E-state index in [0.29, 0.717) is 6.54 Å². The summed E-state index contributed by atoms with van der Waals surface area (Å²) < 4.78 is 12.0. The third-order valence-corrected chi connectivity index (χ3v) is 7.27. The second-order valence-corrected chi connectivity index (χ2v) is 10.3. The topological polar surface area (TPSA) is 64.8 Å². The van der Waals surface area contributed by atoms with Crippen molar-refractivity contribution in [2.75, 3.05) is 19.6 Å². The quantitative estimate of drug-likeness (QED) is 0.435. The number of hydrogen-bond acceptors (Lipinski definition) is 4. The number of carbonyl (C=O) groups excluding carboxylic acids is 1. The van der Waals surface area contributed by atoms with E-state index in [4.69, 9.17) is 14.6 Å². The zero-order valence-electron chi connectivity index (χ0n) is 18.0. The van der Waals surface area contributed by atoms with Crippen molar-refractivity contribution < 1.29 is 13.6 Å². The van der Waals surface area contributed by atoms with Crippen LogP contribution in [0.1, 0.15) is 32.3 Å². The fraction of sp³-hybridized carbons (Fsp3) is 0.667. The smallest absolute Gasteiger partial charge is 0.222 e. The van der Waals surface area contributed by atoms with E-state index in [0.717, 1.165) is 25.4 Å². The molecule has 1 amide bonds. The lowest BCUT2D eigenvalue weighted by Crippen LogP contribution is -2.52. The molecule has 0 spiro atoms. The van der Waals surface area contributed by atoms with Crippen LogP contribution in [0.5, 0.6) is 0 Å². The van der Waals surface area contributed by atoms with Crippen molar-refractivity contribution in [3.05, 3.63) is 35.9 Å². The van der Waals surface area contributed by atoms with E-state index in [1.54, 1.807) is 0 Å². The second-order valence-electron chi connectivity index (χ2n) is 8.45. The molecule has 1 fully saturated rings. The molecule has 0 bridgehead atoms. The molecule has 28 heavy (non-hydrogen) atoms. The Kier molecular flexibility index (Phi) is 9.36. The normalized spacial score (nSPS) is 19.6. The van der Waals surface area contributed by atoms with Gasteiger partial charge in [0.15, 0.2) is 19.5 Å². The molecule has 2 rings (SSSR count). The van der Waals surface area contributed by atoms with Crippen molar-refractivity contribution in [3.8, 4) is 0 Å². The van der Waals surface area contributed by atoms with Crippen molar-refractivity contribution in [2.45, 2.75) is 52.5 Å². The van der Waals surface area contributed by atoms with Crippen LogP contribution in [-0.2, 0) is 20.1 Å². The van der Waals surface area contributed by atoms with Crippen LogP contribution in [0, 0.1) is 17.3 Å². The molecule has 0 aliphatic carbocycles. The average molecular weight is 423 g/mol. The molecule has 0 radical (unpaired) electrons. The summed E-state index contributed by atoms with van der Waals surface area (Å²) >= 11 is 0. The molecule has 1 heterocycles. The molecular formula is C21H38N2O3Si2. The van der Waals surface area contributed by atoms with Crippen LogP contribution in [0.3, 0.4) is 0 Å². The highest BCUT2D eigenvalue weighted by molar-refractivity contribution is 6.26. The first-order valence-corrected chi connectivity index (χ1v) is 14.7. The number of hydrogen-bond donors (Lipinski definition) is 1. The molecule has 1 atom stereocenters. The SMILES string of the molecule is C[SiH2]OC(O[SiH2]C)C(C)(C)C(CN1CCC(Cc2ccccc2)CC1)C(N)=O. The molecule has 0 saturated carbocycles. The Morgan fingerprint density at radius 1 is 1.18 bits per heavy atom. The molecule has 5 nitrogen and oxygen atoms in total. The van der Waals surface area contributed by atoms with E-state index in [1.165, 1.54) is 18.4 Å². The van der Waals surface area contributed by atoms with Gasteiger partial charge in [0.05, 0.1) is 5.92 Å². The average Bonchev–Trinajstić information content (AvgIpc) is 2.67. The maximum absolute atomic E-state index is 12.3. The molecule has 0 aromatic heterocycles. The minimum Gasteiger partial charge on any atom is -0.400 e. The van der Waals surface area contributed by atoms with Crippen LogP contribution in [0.25, 0.3) is 0 Å². The predicted molar refractivity (Wildman–Crippen MR) is 121 cm³/mol. The van der Waals surface area contributed by atoms with Crippen LogP contribution in [0.15, 0.2) is 30.3 Å². The lowest BCUT2D eigenvalue weighted by Gasteiger charge is -2.42. The third-order valence-electron chi connectivity index (χ3n) is 6.00. The standard InChI is InChI=1S/C21H38N2O3Si2/c1-21(2,20(25-27-3)26-28-4)18(19(22)24)15-23-12-10-17(11-13-23)14-16-8-6-5-7-9-16/h5-9,17-18,20H,10-15,27-28H2,1-4H3,(H2,22,24). The van der Waals surface area contributed by atoms with Crippen LogP contribution >= 0.6 is 0 Å². The maximum Gasteiger partial charge on any atom is 0.222 e. The highest BCUT2D eigenvalue weighted by atomic mass is 28.2. The predicted octanol–water partition coefficient (Wildman–Crippen LogP) is 1.69. The highest BCUT2D eigenvalue weighted by Crippen LogP contribution is 2.35. The fourth-order valence-electron chi connectivity index (χ4n) is 4.22. The summed E-state index contributed by atoms with van der Waals surface area (Å²) in [6.45, 7) is 11.1. The van der Waals surface area contributed by atoms with Gasteiger partial charge in [0, 0.05) is 12.0 Å². The van der Waals surface area contributed by atoms with Crippen molar-refractivity contribution in [1.82, 2.24) is 4.90 Å². The van der Waals surface area contributed by atoms with Gasteiger partial charge in [-0.2, -0.15) is 0 Å². The summed E-state index contributed by atoms with van der Waals surface area (Å²) in [5.74, 6) is 0.198. The van der Waals surface area contributed by atoms with E-state index >= 15 is 0 Å². The Bertz CT molecular complexity index is 587. The Hall–Kier alpha value is -0.996. The Morgan fingerprint density at radius 3 is 2.25 bits per heavy atom. The first-order valence-electron chi connectivity index (χ1n) is 10.7. The van der Waals surface area contributed by atoms with Gasteiger partial charge >= 0.3 is 0 Å². The van der Waals surface area contributed by atoms with E-state index in [2.05, 4.69) is 62.2 Å². The van der Waals surface area contributed by atoms with E-state index in [9.17, 15) is 4.79 Å². The van der Waals surface area contributed by atoms with Gasteiger partial charge in [0.1, 0.15) is 6.29 Å². The molecule has 1 aliphatic heterocycles. The number of carbonyl (C=O) groups is 1. The molecule has 1 saturated heterocycles. The summed E-state index contributed by atoms with van der Waals surface area (Å²) in [7, 11) is -1.25. The molecule has 1 aromatic carbocycles. The van der Waals surface area contributed by atoms with Crippen LogP contribution in [-0.4, -0.2) is 56.3 Å². The lowest BCUT2D eigenvalue weighted by atomic mass is 9.77. The number of nitrogens with two attached hydrogens (primary N) is 1. The van der Waals surface area contributed by atoms with Gasteiger partial charge in [-0.3, -0.25) is 4.79 Å². The number of piperidine rings is 1. The molecule has 2 N–H and O–H groups in total. The molecule has 1 unspecified atom stereocenters. The fourth-order valence-corrected chi connectivity index (χ4v) is 6.06. The summed E-state index contributed by atoms with van der Waals surface area (Å²) in [4.78, 5) is 14.8. The number of nitrogens with zero attached hydrogens (tertiary/aromatic N) is 1. The van der Waals surface area contributed by atoms with Crippen molar-refractivity contribution in [1.29, 1.82) is 0 Å². The van der Waals surface area contributed by atoms with E-state index in [1.807, 2.05) is 0 Å². The summed E-state index contributed by atoms with van der Waals surface area (Å²) in [5, 5.41) is 0. The summed E-state index contributed by atoms with van der Waals surface area (Å²) in [5.41, 5.74) is 6.85. The van der Waals surface area contributed by atoms with Gasteiger partial charge < -0.3 is 19.5 Å². The number of amides is 1. The molecule has 1 aromatic rings. The van der Waals surface area contributed by atoms with Gasteiger partial charge in [-0.25, -0.2) is 0 Å². The maximum atomic E-state index is 12.3. The van der Waals surface area contributed by atoms with Crippen molar-refractivity contribution >= 4 is 25.4 Å². The van der Waals surface area contributed by atoms with E-state index < -0.39 is 24.9 Å².